The van der Waals surface area contributed by atoms with Crippen LogP contribution in [0.2, 0.25) is 0 Å². The Morgan fingerprint density at radius 2 is 2.38 bits per heavy atom. The van der Waals surface area contributed by atoms with Crippen LogP contribution >= 0.6 is 0 Å². The largest absolute Gasteiger partial charge is 0.368 e. The van der Waals surface area contributed by atoms with Crippen molar-refractivity contribution in [3.63, 3.8) is 0 Å². The van der Waals surface area contributed by atoms with Crippen molar-refractivity contribution in [1.82, 2.24) is 10.2 Å². The molecule has 5 heteroatoms. The maximum Gasteiger partial charge on any atom is 0.252 e. The summed E-state index contributed by atoms with van der Waals surface area (Å²) in [5.74, 6) is 0.646. The van der Waals surface area contributed by atoms with E-state index < -0.39 is 5.54 Å². The standard InChI is InChI=1S/C11H19N3O2/c1-4-14-5-6-16-8(7-14)9-12-10(15)11(2,3)13-9/h8H,4-7H2,1-3H3,(H,12,13,15). The molecule has 0 aliphatic carbocycles. The van der Waals surface area contributed by atoms with Crippen LogP contribution in [0.5, 0.6) is 0 Å². The van der Waals surface area contributed by atoms with Gasteiger partial charge in [0.25, 0.3) is 5.91 Å². The number of aliphatic imine (C=N–C) groups is 1. The lowest BCUT2D eigenvalue weighted by Gasteiger charge is -2.31. The molecule has 16 heavy (non-hydrogen) atoms. The maximum atomic E-state index is 11.6. The van der Waals surface area contributed by atoms with Gasteiger partial charge in [-0.2, -0.15) is 0 Å². The second-order valence-corrected chi connectivity index (χ2v) is 4.76. The summed E-state index contributed by atoms with van der Waals surface area (Å²) < 4.78 is 5.65. The summed E-state index contributed by atoms with van der Waals surface area (Å²) in [6, 6.07) is 0. The van der Waals surface area contributed by atoms with Gasteiger partial charge in [0, 0.05) is 13.1 Å². The van der Waals surface area contributed by atoms with E-state index in [0.717, 1.165) is 19.6 Å². The molecule has 2 aliphatic rings. The van der Waals surface area contributed by atoms with E-state index >= 15 is 0 Å². The number of ether oxygens (including phenoxy) is 1. The fourth-order valence-corrected chi connectivity index (χ4v) is 1.96. The Morgan fingerprint density at radius 1 is 1.62 bits per heavy atom. The third-order valence-corrected chi connectivity index (χ3v) is 3.10. The van der Waals surface area contributed by atoms with E-state index in [4.69, 9.17) is 4.74 Å². The Kier molecular flexibility index (Phi) is 2.99. The maximum absolute atomic E-state index is 11.6. The molecule has 1 saturated heterocycles. The molecule has 0 radical (unpaired) electrons. The first-order valence-electron chi connectivity index (χ1n) is 5.78. The summed E-state index contributed by atoms with van der Waals surface area (Å²) in [6.07, 6.45) is -0.0839. The first-order valence-corrected chi connectivity index (χ1v) is 5.78. The smallest absolute Gasteiger partial charge is 0.252 e. The Bertz CT molecular complexity index is 325. The predicted molar refractivity (Wildman–Crippen MR) is 61.5 cm³/mol. The lowest BCUT2D eigenvalue weighted by atomic mass is 10.1. The van der Waals surface area contributed by atoms with Crippen molar-refractivity contribution in [2.75, 3.05) is 26.2 Å². The van der Waals surface area contributed by atoms with Gasteiger partial charge in [-0.25, -0.2) is 0 Å². The van der Waals surface area contributed by atoms with Crippen LogP contribution in [0.15, 0.2) is 4.99 Å². The second-order valence-electron chi connectivity index (χ2n) is 4.76. The van der Waals surface area contributed by atoms with Gasteiger partial charge in [0.2, 0.25) is 0 Å². The van der Waals surface area contributed by atoms with E-state index in [9.17, 15) is 4.79 Å². The van der Waals surface area contributed by atoms with E-state index in [1.54, 1.807) is 0 Å². The highest BCUT2D eigenvalue weighted by molar-refractivity contribution is 6.09. The van der Waals surface area contributed by atoms with E-state index in [0.29, 0.717) is 12.4 Å². The average Bonchev–Trinajstić information content (AvgIpc) is 2.54. The Hall–Kier alpha value is -0.940. The topological polar surface area (TPSA) is 53.9 Å². The minimum Gasteiger partial charge on any atom is -0.368 e. The molecule has 2 heterocycles. The highest BCUT2D eigenvalue weighted by atomic mass is 16.5. The molecule has 90 valence electrons. The number of nitrogens with zero attached hydrogens (tertiary/aromatic N) is 2. The van der Waals surface area contributed by atoms with Crippen molar-refractivity contribution < 1.29 is 9.53 Å². The van der Waals surface area contributed by atoms with Gasteiger partial charge in [0.05, 0.1) is 6.61 Å². The van der Waals surface area contributed by atoms with Crippen LogP contribution in [0.1, 0.15) is 20.8 Å². The average molecular weight is 225 g/mol. The van der Waals surface area contributed by atoms with Crippen LogP contribution in [0.3, 0.4) is 0 Å². The van der Waals surface area contributed by atoms with Crippen LogP contribution in [0.25, 0.3) is 0 Å². The van der Waals surface area contributed by atoms with Gasteiger partial charge in [0.15, 0.2) is 0 Å². The number of rotatable bonds is 2. The summed E-state index contributed by atoms with van der Waals surface area (Å²) >= 11 is 0. The van der Waals surface area contributed by atoms with E-state index in [1.165, 1.54) is 0 Å². The molecule has 1 amide bonds. The summed E-state index contributed by atoms with van der Waals surface area (Å²) in [5, 5.41) is 2.82. The lowest BCUT2D eigenvalue weighted by Crippen LogP contribution is -2.49. The van der Waals surface area contributed by atoms with Crippen molar-refractivity contribution in [2.45, 2.75) is 32.4 Å². The molecule has 1 atom stereocenters. The molecule has 0 aromatic rings. The van der Waals surface area contributed by atoms with Gasteiger partial charge < -0.3 is 10.1 Å². The molecule has 1 fully saturated rings. The van der Waals surface area contributed by atoms with Gasteiger partial charge in [-0.05, 0) is 20.4 Å². The number of carbonyl (C=O) groups excluding carboxylic acids is 1. The minimum atomic E-state index is -0.646. The van der Waals surface area contributed by atoms with E-state index in [1.807, 2.05) is 13.8 Å². The fourth-order valence-electron chi connectivity index (χ4n) is 1.96. The SMILES string of the molecule is CCN1CCOC(C2=NC(C)(C)C(=O)N2)C1. The molecule has 0 spiro atoms. The molecule has 5 nitrogen and oxygen atoms in total. The van der Waals surface area contributed by atoms with Crippen LogP contribution < -0.4 is 5.32 Å². The van der Waals surface area contributed by atoms with E-state index in [-0.39, 0.29) is 12.0 Å². The number of carbonyl (C=O) groups is 1. The number of amidine groups is 1. The monoisotopic (exact) mass is 225 g/mol. The number of hydrogen-bond acceptors (Lipinski definition) is 4. The van der Waals surface area contributed by atoms with Crippen molar-refractivity contribution >= 4 is 11.7 Å². The zero-order valence-electron chi connectivity index (χ0n) is 10.1. The molecule has 0 bridgehead atoms. The summed E-state index contributed by atoms with van der Waals surface area (Å²) in [7, 11) is 0. The summed E-state index contributed by atoms with van der Waals surface area (Å²) in [6.45, 7) is 9.23. The highest BCUT2D eigenvalue weighted by Gasteiger charge is 2.38. The quantitative estimate of drug-likeness (QED) is 0.720. The van der Waals surface area contributed by atoms with Crippen LogP contribution in [-0.2, 0) is 9.53 Å². The fraction of sp³-hybridized carbons (Fsp3) is 0.818. The highest BCUT2D eigenvalue weighted by Crippen LogP contribution is 2.18. The molecule has 0 saturated carbocycles. The Labute approximate surface area is 95.9 Å². The van der Waals surface area contributed by atoms with Gasteiger partial charge in [0.1, 0.15) is 17.5 Å². The van der Waals surface area contributed by atoms with Crippen LogP contribution in [0, 0.1) is 0 Å². The molecule has 0 aromatic carbocycles. The van der Waals surface area contributed by atoms with Gasteiger partial charge in [-0.15, -0.1) is 0 Å². The van der Waals surface area contributed by atoms with Crippen molar-refractivity contribution in [3.8, 4) is 0 Å². The van der Waals surface area contributed by atoms with Crippen molar-refractivity contribution in [3.05, 3.63) is 0 Å². The third kappa shape index (κ3) is 2.10. The molecule has 1 unspecified atom stereocenters. The molecule has 1 N–H and O–H groups in total. The first-order chi connectivity index (χ1) is 7.53. The summed E-state index contributed by atoms with van der Waals surface area (Å²) in [5.41, 5.74) is -0.646. The minimum absolute atomic E-state index is 0.0419. The molecule has 0 aromatic heterocycles. The zero-order chi connectivity index (χ0) is 11.8. The number of hydrogen-bond donors (Lipinski definition) is 1. The van der Waals surface area contributed by atoms with Crippen molar-refractivity contribution in [2.24, 2.45) is 4.99 Å². The summed E-state index contributed by atoms with van der Waals surface area (Å²) in [4.78, 5) is 18.3. The normalized spacial score (nSPS) is 30.1. The molecular formula is C11H19N3O2. The lowest BCUT2D eigenvalue weighted by molar-refractivity contribution is -0.122. The zero-order valence-corrected chi connectivity index (χ0v) is 10.1. The molecular weight excluding hydrogens is 206 g/mol. The number of likely N-dealkylation sites (N-methyl/N-ethyl adjacent to an activating group) is 1. The molecule has 2 aliphatic heterocycles. The van der Waals surface area contributed by atoms with Crippen molar-refractivity contribution in [1.29, 1.82) is 0 Å². The van der Waals surface area contributed by atoms with Crippen LogP contribution in [-0.4, -0.2) is 54.5 Å². The number of morpholine rings is 1. The number of nitrogens with one attached hydrogen (secondary N) is 1. The number of amides is 1. The second kappa shape index (κ2) is 4.14. The van der Waals surface area contributed by atoms with Gasteiger partial charge in [-0.1, -0.05) is 6.92 Å². The Balaban J connectivity index is 2.06. The Morgan fingerprint density at radius 3 is 2.94 bits per heavy atom. The van der Waals surface area contributed by atoms with Gasteiger partial charge >= 0.3 is 0 Å². The van der Waals surface area contributed by atoms with Gasteiger partial charge in [-0.3, -0.25) is 14.7 Å². The predicted octanol–water partition coefficient (Wildman–Crippen LogP) is 0.0140. The third-order valence-electron chi connectivity index (χ3n) is 3.10. The van der Waals surface area contributed by atoms with E-state index in [2.05, 4.69) is 22.1 Å². The molecule has 2 rings (SSSR count). The van der Waals surface area contributed by atoms with Crippen LogP contribution in [0.4, 0.5) is 0 Å². The first kappa shape index (κ1) is 11.5.